The van der Waals surface area contributed by atoms with E-state index in [1.165, 1.54) is 0 Å². The van der Waals surface area contributed by atoms with Crippen LogP contribution in [-0.2, 0) is 4.79 Å². The summed E-state index contributed by atoms with van der Waals surface area (Å²) in [5.74, 6) is 0.186. The van der Waals surface area contributed by atoms with Gasteiger partial charge in [0, 0.05) is 6.42 Å². The van der Waals surface area contributed by atoms with E-state index in [0.717, 1.165) is 28.9 Å². The van der Waals surface area contributed by atoms with Crippen molar-refractivity contribution in [3.63, 3.8) is 0 Å². The largest absolute Gasteiger partial charge is 0.295 e. The molecule has 0 saturated heterocycles. The van der Waals surface area contributed by atoms with Gasteiger partial charge in [-0.2, -0.15) is 0 Å². The summed E-state index contributed by atoms with van der Waals surface area (Å²) >= 11 is 0. The van der Waals surface area contributed by atoms with Crippen molar-refractivity contribution in [1.82, 2.24) is 0 Å². The predicted molar refractivity (Wildman–Crippen MR) is 83.1 cm³/mol. The molecule has 0 unspecified atom stereocenters. The Hall–Kier alpha value is -1.89. The molecule has 0 radical (unpaired) electrons. The molecule has 1 nitrogen and oxygen atoms in total. The highest BCUT2D eigenvalue weighted by Crippen LogP contribution is 2.01. The molecule has 19 heavy (non-hydrogen) atoms. The van der Waals surface area contributed by atoms with Crippen LogP contribution in [0.5, 0.6) is 0 Å². The third-order valence-electron chi connectivity index (χ3n) is 2.90. The molecule has 0 atom stereocenters. The molecule has 0 amide bonds. The average molecular weight is 254 g/mol. The second-order valence-corrected chi connectivity index (χ2v) is 4.52. The summed E-state index contributed by atoms with van der Waals surface area (Å²) in [5, 5.41) is 2.04. The molecule has 1 heteroatoms. The summed E-state index contributed by atoms with van der Waals surface area (Å²) in [5.41, 5.74) is 1.03. The lowest BCUT2D eigenvalue weighted by atomic mass is 10.1. The minimum Gasteiger partial charge on any atom is -0.295 e. The number of benzene rings is 1. The smallest absolute Gasteiger partial charge is 0.155 e. The molecule has 0 saturated carbocycles. The van der Waals surface area contributed by atoms with Gasteiger partial charge < -0.3 is 0 Å². The number of hydrogen-bond acceptors (Lipinski definition) is 1. The van der Waals surface area contributed by atoms with Gasteiger partial charge in [0.1, 0.15) is 0 Å². The Balaban J connectivity index is 3.08. The predicted octanol–water partition coefficient (Wildman–Crippen LogP) is 3.14. The van der Waals surface area contributed by atoms with Crippen LogP contribution in [0.2, 0.25) is 0 Å². The quantitative estimate of drug-likeness (QED) is 0.713. The number of unbranched alkanes of at least 4 members (excludes halogenated alkanes) is 1. The molecule has 1 aromatic carbocycles. The highest BCUT2D eigenvalue weighted by molar-refractivity contribution is 5.92. The maximum absolute atomic E-state index is 11.7. The van der Waals surface area contributed by atoms with E-state index >= 15 is 0 Å². The Kier molecular flexibility index (Phi) is 6.59. The Labute approximate surface area is 115 Å². The Morgan fingerprint density at radius 3 is 2.58 bits per heavy atom. The topological polar surface area (TPSA) is 17.1 Å². The van der Waals surface area contributed by atoms with Gasteiger partial charge >= 0.3 is 0 Å². The molecule has 0 fully saturated rings. The van der Waals surface area contributed by atoms with Gasteiger partial charge in [-0.05, 0) is 35.4 Å². The molecule has 0 aliphatic rings. The monoisotopic (exact) mass is 254 g/mol. The fraction of sp³-hybridized carbons (Fsp3) is 0.278. The summed E-state index contributed by atoms with van der Waals surface area (Å²) in [6, 6.07) is 7.96. The first kappa shape index (κ1) is 15.2. The molecule has 1 rings (SSSR count). The van der Waals surface area contributed by atoms with E-state index in [9.17, 15) is 4.79 Å². The van der Waals surface area contributed by atoms with Gasteiger partial charge in [-0.25, -0.2) is 0 Å². The molecular formula is C18H22O. The van der Waals surface area contributed by atoms with Crippen molar-refractivity contribution in [2.45, 2.75) is 33.1 Å². The average Bonchev–Trinajstić information content (AvgIpc) is 2.42. The summed E-state index contributed by atoms with van der Waals surface area (Å²) < 4.78 is 0. The molecule has 0 aliphatic carbocycles. The van der Waals surface area contributed by atoms with E-state index in [1.807, 2.05) is 49.4 Å². The Morgan fingerprint density at radius 2 is 1.95 bits per heavy atom. The number of hydrogen-bond donors (Lipinski definition) is 0. The summed E-state index contributed by atoms with van der Waals surface area (Å²) in [4.78, 5) is 11.7. The molecule has 0 bridgehead atoms. The zero-order valence-corrected chi connectivity index (χ0v) is 11.9. The maximum Gasteiger partial charge on any atom is 0.155 e. The number of carbonyl (C=O) groups excluding carboxylic acids is 1. The second-order valence-electron chi connectivity index (χ2n) is 4.52. The Bertz CT molecular complexity index is 576. The molecule has 0 spiro atoms. The normalized spacial score (nSPS) is 13.2. The van der Waals surface area contributed by atoms with Crippen molar-refractivity contribution in [1.29, 1.82) is 0 Å². The lowest BCUT2D eigenvalue weighted by Crippen LogP contribution is -2.24. The van der Waals surface area contributed by atoms with Gasteiger partial charge in [-0.3, -0.25) is 4.79 Å². The van der Waals surface area contributed by atoms with Crippen LogP contribution in [0, 0.1) is 0 Å². The van der Waals surface area contributed by atoms with Crippen molar-refractivity contribution >= 4 is 17.9 Å². The van der Waals surface area contributed by atoms with E-state index in [1.54, 1.807) is 6.08 Å². The van der Waals surface area contributed by atoms with Crippen LogP contribution in [0.1, 0.15) is 33.1 Å². The van der Waals surface area contributed by atoms with Gasteiger partial charge in [0.25, 0.3) is 0 Å². The standard InChI is InChI=1S/C18H22O/c1-4-6-11-17(19)14-13-16(9-5-2)18-12-8-7-10-15(18)3/h5,7-10,12-14H,3-4,6,11H2,1-2H3. The molecule has 0 heterocycles. The van der Waals surface area contributed by atoms with Crippen LogP contribution < -0.4 is 10.4 Å². The fourth-order valence-electron chi connectivity index (χ4n) is 1.83. The van der Waals surface area contributed by atoms with E-state index in [4.69, 9.17) is 0 Å². The van der Waals surface area contributed by atoms with Crippen LogP contribution in [-0.4, -0.2) is 5.78 Å². The van der Waals surface area contributed by atoms with Crippen LogP contribution in [0.3, 0.4) is 0 Å². The number of rotatable bonds is 6. The Morgan fingerprint density at radius 1 is 1.21 bits per heavy atom. The van der Waals surface area contributed by atoms with Gasteiger partial charge in [0.05, 0.1) is 0 Å². The first-order chi connectivity index (χ1) is 9.19. The highest BCUT2D eigenvalue weighted by atomic mass is 16.1. The van der Waals surface area contributed by atoms with Crippen LogP contribution in [0.25, 0.3) is 12.2 Å². The van der Waals surface area contributed by atoms with Crippen molar-refractivity contribution in [3.05, 3.63) is 59.0 Å². The second kappa shape index (κ2) is 8.25. The van der Waals surface area contributed by atoms with Crippen molar-refractivity contribution in [3.8, 4) is 0 Å². The van der Waals surface area contributed by atoms with E-state index in [2.05, 4.69) is 13.5 Å². The number of ketones is 1. The molecule has 0 N–H and O–H groups in total. The lowest BCUT2D eigenvalue weighted by Gasteiger charge is -1.97. The molecule has 1 aromatic rings. The van der Waals surface area contributed by atoms with Crippen LogP contribution in [0.4, 0.5) is 0 Å². The molecule has 0 aliphatic heterocycles. The van der Waals surface area contributed by atoms with Gasteiger partial charge in [0.2, 0.25) is 0 Å². The first-order valence-corrected chi connectivity index (χ1v) is 6.81. The lowest BCUT2D eigenvalue weighted by molar-refractivity contribution is -0.114. The van der Waals surface area contributed by atoms with Crippen molar-refractivity contribution < 1.29 is 4.79 Å². The zero-order valence-electron chi connectivity index (χ0n) is 11.9. The van der Waals surface area contributed by atoms with Crippen molar-refractivity contribution in [2.24, 2.45) is 0 Å². The third kappa shape index (κ3) is 5.09. The van der Waals surface area contributed by atoms with Crippen LogP contribution >= 0.6 is 0 Å². The number of carbonyl (C=O) groups is 1. The van der Waals surface area contributed by atoms with E-state index in [-0.39, 0.29) is 5.78 Å². The maximum atomic E-state index is 11.7. The fourth-order valence-corrected chi connectivity index (χ4v) is 1.83. The number of allylic oxidation sites excluding steroid dienone is 4. The highest BCUT2D eigenvalue weighted by Gasteiger charge is 1.96. The molecular weight excluding hydrogens is 232 g/mol. The van der Waals surface area contributed by atoms with E-state index in [0.29, 0.717) is 6.42 Å². The third-order valence-corrected chi connectivity index (χ3v) is 2.90. The first-order valence-electron chi connectivity index (χ1n) is 6.81. The SMILES string of the molecule is C=c1ccccc1=C(C=CC)C=CC(=O)CCCC. The summed E-state index contributed by atoms with van der Waals surface area (Å²) in [7, 11) is 0. The minimum absolute atomic E-state index is 0.186. The van der Waals surface area contributed by atoms with Gasteiger partial charge in [-0.1, -0.05) is 62.4 Å². The summed E-state index contributed by atoms with van der Waals surface area (Å²) in [6.07, 6.45) is 10.2. The van der Waals surface area contributed by atoms with Gasteiger partial charge in [0.15, 0.2) is 5.78 Å². The van der Waals surface area contributed by atoms with Crippen LogP contribution in [0.15, 0.2) is 48.6 Å². The minimum atomic E-state index is 0.186. The van der Waals surface area contributed by atoms with Crippen molar-refractivity contribution in [2.75, 3.05) is 0 Å². The zero-order chi connectivity index (χ0) is 14.1. The summed E-state index contributed by atoms with van der Waals surface area (Å²) in [6.45, 7) is 8.09. The molecule has 100 valence electrons. The molecule has 0 aromatic heterocycles. The van der Waals surface area contributed by atoms with E-state index < -0.39 is 0 Å². The van der Waals surface area contributed by atoms with Gasteiger partial charge in [-0.15, -0.1) is 0 Å².